The van der Waals surface area contributed by atoms with E-state index in [-0.39, 0.29) is 11.5 Å². The Morgan fingerprint density at radius 2 is 1.94 bits per heavy atom. The van der Waals surface area contributed by atoms with Crippen LogP contribution in [0.3, 0.4) is 0 Å². The van der Waals surface area contributed by atoms with Gasteiger partial charge in [0.2, 0.25) is 0 Å². The molecule has 7 heteroatoms. The fourth-order valence-electron chi connectivity index (χ4n) is 1.50. The van der Waals surface area contributed by atoms with E-state index in [2.05, 4.69) is 10.4 Å². The van der Waals surface area contributed by atoms with Gasteiger partial charge in [-0.05, 0) is 18.2 Å². The molecule has 0 bridgehead atoms. The Morgan fingerprint density at radius 3 is 2.50 bits per heavy atom. The molecule has 1 aromatic heterocycles. The van der Waals surface area contributed by atoms with E-state index < -0.39 is 17.7 Å². The molecule has 0 saturated heterocycles. The van der Waals surface area contributed by atoms with Crippen LogP contribution in [0.4, 0.5) is 23.4 Å². The minimum Gasteiger partial charge on any atom is -0.373 e. The van der Waals surface area contributed by atoms with Gasteiger partial charge in [-0.2, -0.15) is 18.3 Å². The first-order valence-electron chi connectivity index (χ1n) is 5.03. The molecular formula is C11H9F4N3. The highest BCUT2D eigenvalue weighted by atomic mass is 19.4. The van der Waals surface area contributed by atoms with E-state index in [0.717, 1.165) is 16.8 Å². The number of hydrogen-bond acceptors (Lipinski definition) is 2. The summed E-state index contributed by atoms with van der Waals surface area (Å²) in [5, 5.41) is 6.01. The Hall–Kier alpha value is -2.05. The quantitative estimate of drug-likeness (QED) is 0.840. The van der Waals surface area contributed by atoms with Crippen LogP contribution >= 0.6 is 0 Å². The SMILES string of the molecule is CNc1cc(C(F)(F)F)nn1-c1cccc(F)c1. The first-order chi connectivity index (χ1) is 8.41. The molecule has 2 aromatic rings. The van der Waals surface area contributed by atoms with Gasteiger partial charge >= 0.3 is 6.18 Å². The van der Waals surface area contributed by atoms with Crippen LogP contribution < -0.4 is 5.32 Å². The molecule has 0 unspecified atom stereocenters. The van der Waals surface area contributed by atoms with E-state index >= 15 is 0 Å². The third-order valence-electron chi connectivity index (χ3n) is 2.31. The van der Waals surface area contributed by atoms with Crippen LogP contribution in [0.5, 0.6) is 0 Å². The van der Waals surface area contributed by atoms with Crippen molar-refractivity contribution in [1.82, 2.24) is 9.78 Å². The lowest BCUT2D eigenvalue weighted by molar-refractivity contribution is -0.141. The summed E-state index contributed by atoms with van der Waals surface area (Å²) in [5.41, 5.74) is -0.814. The zero-order chi connectivity index (χ0) is 13.3. The topological polar surface area (TPSA) is 29.9 Å². The molecule has 0 aliphatic carbocycles. The van der Waals surface area contributed by atoms with Gasteiger partial charge in [0.05, 0.1) is 5.69 Å². The molecule has 0 radical (unpaired) electrons. The molecule has 1 N–H and O–H groups in total. The minimum absolute atomic E-state index is 0.132. The van der Waals surface area contributed by atoms with Crippen LogP contribution in [0.25, 0.3) is 5.69 Å². The van der Waals surface area contributed by atoms with Crippen LogP contribution in [0, 0.1) is 5.82 Å². The standard InChI is InChI=1S/C11H9F4N3/c1-16-10-6-9(11(13,14)15)17-18(10)8-4-2-3-7(12)5-8/h2-6,16H,1H3. The molecule has 1 aromatic carbocycles. The molecule has 0 saturated carbocycles. The summed E-state index contributed by atoms with van der Waals surface area (Å²) in [5.74, 6) is -0.411. The van der Waals surface area contributed by atoms with Crippen molar-refractivity contribution in [3.8, 4) is 5.69 Å². The maximum Gasteiger partial charge on any atom is 0.435 e. The highest BCUT2D eigenvalue weighted by Crippen LogP contribution is 2.31. The molecule has 18 heavy (non-hydrogen) atoms. The number of rotatable bonds is 2. The zero-order valence-electron chi connectivity index (χ0n) is 9.29. The van der Waals surface area contributed by atoms with Gasteiger partial charge in [0.1, 0.15) is 11.6 Å². The normalized spacial score (nSPS) is 11.6. The van der Waals surface area contributed by atoms with E-state index in [1.54, 1.807) is 0 Å². The third kappa shape index (κ3) is 2.29. The van der Waals surface area contributed by atoms with E-state index in [1.165, 1.54) is 25.2 Å². The number of nitrogens with one attached hydrogen (secondary N) is 1. The van der Waals surface area contributed by atoms with Gasteiger partial charge < -0.3 is 5.32 Å². The lowest BCUT2D eigenvalue weighted by Crippen LogP contribution is -2.07. The predicted molar refractivity (Wildman–Crippen MR) is 58.1 cm³/mol. The lowest BCUT2D eigenvalue weighted by Gasteiger charge is -2.06. The number of hydrogen-bond donors (Lipinski definition) is 1. The Morgan fingerprint density at radius 1 is 1.22 bits per heavy atom. The maximum absolute atomic E-state index is 13.0. The molecule has 3 nitrogen and oxygen atoms in total. The largest absolute Gasteiger partial charge is 0.435 e. The van der Waals surface area contributed by atoms with Crippen molar-refractivity contribution < 1.29 is 17.6 Å². The maximum atomic E-state index is 13.0. The van der Waals surface area contributed by atoms with Gasteiger partial charge in [-0.15, -0.1) is 0 Å². The first kappa shape index (κ1) is 12.4. The Kier molecular flexibility index (Phi) is 2.98. The van der Waals surface area contributed by atoms with Crippen molar-refractivity contribution in [1.29, 1.82) is 0 Å². The summed E-state index contributed by atoms with van der Waals surface area (Å²) in [6, 6.07) is 6.05. The second kappa shape index (κ2) is 4.32. The van der Waals surface area contributed by atoms with Gasteiger partial charge in [-0.1, -0.05) is 6.07 Å². The van der Waals surface area contributed by atoms with E-state index in [4.69, 9.17) is 0 Å². The monoisotopic (exact) mass is 259 g/mol. The van der Waals surface area contributed by atoms with Crippen molar-refractivity contribution in [3.05, 3.63) is 41.8 Å². The van der Waals surface area contributed by atoms with Gasteiger partial charge in [0.15, 0.2) is 5.69 Å². The molecule has 96 valence electrons. The summed E-state index contributed by atoms with van der Waals surface area (Å²) in [6.45, 7) is 0. The molecule has 1 heterocycles. The van der Waals surface area contributed by atoms with Crippen molar-refractivity contribution >= 4 is 5.82 Å². The Labute approximate surface area is 100 Å². The van der Waals surface area contributed by atoms with Crippen molar-refractivity contribution in [2.24, 2.45) is 0 Å². The van der Waals surface area contributed by atoms with Crippen molar-refractivity contribution in [2.45, 2.75) is 6.18 Å². The number of benzene rings is 1. The number of aromatic nitrogens is 2. The van der Waals surface area contributed by atoms with E-state index in [1.807, 2.05) is 0 Å². The van der Waals surface area contributed by atoms with E-state index in [0.29, 0.717) is 0 Å². The second-order valence-electron chi connectivity index (χ2n) is 3.55. The summed E-state index contributed by atoms with van der Waals surface area (Å²) in [6.07, 6.45) is -4.54. The summed E-state index contributed by atoms with van der Waals surface area (Å²) >= 11 is 0. The molecule has 0 spiro atoms. The van der Waals surface area contributed by atoms with Crippen LogP contribution in [0.1, 0.15) is 5.69 Å². The number of nitrogens with zero attached hydrogens (tertiary/aromatic N) is 2. The molecule has 0 amide bonds. The van der Waals surface area contributed by atoms with Gasteiger partial charge in [-0.25, -0.2) is 9.07 Å². The summed E-state index contributed by atoms with van der Waals surface area (Å²) in [4.78, 5) is 0. The lowest BCUT2D eigenvalue weighted by atomic mass is 10.3. The van der Waals surface area contributed by atoms with Crippen molar-refractivity contribution in [2.75, 3.05) is 12.4 Å². The van der Waals surface area contributed by atoms with Gasteiger partial charge in [-0.3, -0.25) is 0 Å². The predicted octanol–water partition coefficient (Wildman–Crippen LogP) is 3.07. The first-order valence-corrected chi connectivity index (χ1v) is 5.03. The molecular weight excluding hydrogens is 250 g/mol. The number of alkyl halides is 3. The molecule has 0 fully saturated rings. The van der Waals surface area contributed by atoms with Gasteiger partial charge in [0, 0.05) is 13.1 Å². The second-order valence-corrected chi connectivity index (χ2v) is 3.55. The minimum atomic E-state index is -4.54. The summed E-state index contributed by atoms with van der Waals surface area (Å²) in [7, 11) is 1.47. The fourth-order valence-corrected chi connectivity index (χ4v) is 1.50. The number of halogens is 4. The number of anilines is 1. The average molecular weight is 259 g/mol. The zero-order valence-corrected chi connectivity index (χ0v) is 9.29. The fraction of sp³-hybridized carbons (Fsp3) is 0.182. The highest BCUT2D eigenvalue weighted by Gasteiger charge is 2.35. The van der Waals surface area contributed by atoms with Crippen LogP contribution in [0.2, 0.25) is 0 Å². The summed E-state index contributed by atoms with van der Waals surface area (Å²) < 4.78 is 51.7. The Bertz CT molecular complexity index is 560. The highest BCUT2D eigenvalue weighted by molar-refractivity contribution is 5.46. The molecule has 0 aliphatic heterocycles. The van der Waals surface area contributed by atoms with Crippen LogP contribution in [-0.2, 0) is 6.18 Å². The van der Waals surface area contributed by atoms with E-state index in [9.17, 15) is 17.6 Å². The average Bonchev–Trinajstić information content (AvgIpc) is 2.72. The molecule has 0 aliphatic rings. The van der Waals surface area contributed by atoms with Crippen molar-refractivity contribution in [3.63, 3.8) is 0 Å². The molecule has 2 rings (SSSR count). The van der Waals surface area contributed by atoms with Crippen LogP contribution in [0.15, 0.2) is 30.3 Å². The smallest absolute Gasteiger partial charge is 0.373 e. The third-order valence-corrected chi connectivity index (χ3v) is 2.31. The molecule has 0 atom stereocenters. The van der Waals surface area contributed by atoms with Gasteiger partial charge in [0.25, 0.3) is 0 Å². The van der Waals surface area contributed by atoms with Crippen LogP contribution in [-0.4, -0.2) is 16.8 Å². The Balaban J connectivity index is 2.54.